The maximum Gasteiger partial charge on any atom is 0.188 e. The van der Waals surface area contributed by atoms with Crippen molar-refractivity contribution in [2.45, 2.75) is 44.6 Å². The first-order chi connectivity index (χ1) is 7.84. The summed E-state index contributed by atoms with van der Waals surface area (Å²) in [6, 6.07) is 0.619. The third-order valence-electron chi connectivity index (χ3n) is 3.29. The number of nitrogens with two attached hydrogens (primary N) is 1. The van der Waals surface area contributed by atoms with E-state index in [1.165, 1.54) is 51.7 Å². The quantitative estimate of drug-likeness (QED) is 0.401. The molecule has 0 unspecified atom stereocenters. The summed E-state index contributed by atoms with van der Waals surface area (Å²) in [5, 5.41) is 3.20. The first kappa shape index (κ1) is 11.7. The Bertz CT molecular complexity index is 229. The molecular weight excluding hydrogens is 200 g/mol. The molecule has 1 saturated carbocycles. The van der Waals surface area contributed by atoms with Crippen molar-refractivity contribution in [3.8, 4) is 0 Å². The Labute approximate surface area is 98.3 Å². The Morgan fingerprint density at radius 2 is 2.00 bits per heavy atom. The number of hydrogen-bond donors (Lipinski definition) is 2. The van der Waals surface area contributed by atoms with E-state index in [1.807, 2.05) is 0 Å². The van der Waals surface area contributed by atoms with Gasteiger partial charge < -0.3 is 16.0 Å². The van der Waals surface area contributed by atoms with Crippen LogP contribution in [-0.2, 0) is 0 Å². The Morgan fingerprint density at radius 1 is 1.25 bits per heavy atom. The zero-order valence-corrected chi connectivity index (χ0v) is 10.1. The average Bonchev–Trinajstić information content (AvgIpc) is 2.93. The summed E-state index contributed by atoms with van der Waals surface area (Å²) in [6.07, 6.45) is 7.69. The van der Waals surface area contributed by atoms with Gasteiger partial charge in [0.05, 0.1) is 0 Å². The van der Waals surface area contributed by atoms with E-state index >= 15 is 0 Å². The fourth-order valence-electron chi connectivity index (χ4n) is 2.14. The van der Waals surface area contributed by atoms with Gasteiger partial charge in [0, 0.05) is 12.6 Å². The van der Waals surface area contributed by atoms with Crippen LogP contribution in [0.1, 0.15) is 38.5 Å². The summed E-state index contributed by atoms with van der Waals surface area (Å²) in [6.45, 7) is 4.72. The summed E-state index contributed by atoms with van der Waals surface area (Å²) in [4.78, 5) is 6.88. The summed E-state index contributed by atoms with van der Waals surface area (Å²) < 4.78 is 0. The number of hydrogen-bond acceptors (Lipinski definition) is 2. The molecule has 0 aromatic carbocycles. The highest BCUT2D eigenvalue weighted by molar-refractivity contribution is 5.78. The molecule has 1 saturated heterocycles. The SMILES string of the molecule is NC(=NCCCCN1CCCC1)NC1CC1. The van der Waals surface area contributed by atoms with Gasteiger partial charge in [-0.3, -0.25) is 4.99 Å². The molecule has 0 atom stereocenters. The first-order valence-electron chi connectivity index (χ1n) is 6.63. The second kappa shape index (κ2) is 6.09. The van der Waals surface area contributed by atoms with Crippen LogP contribution >= 0.6 is 0 Å². The van der Waals surface area contributed by atoms with Crippen LogP contribution in [0.4, 0.5) is 0 Å². The van der Waals surface area contributed by atoms with Crippen molar-refractivity contribution >= 4 is 5.96 Å². The van der Waals surface area contributed by atoms with Gasteiger partial charge in [-0.1, -0.05) is 0 Å². The van der Waals surface area contributed by atoms with Crippen LogP contribution in [0, 0.1) is 0 Å². The molecular formula is C12H24N4. The van der Waals surface area contributed by atoms with Gasteiger partial charge >= 0.3 is 0 Å². The van der Waals surface area contributed by atoms with Gasteiger partial charge in [0.25, 0.3) is 0 Å². The van der Waals surface area contributed by atoms with Crippen molar-refractivity contribution in [1.29, 1.82) is 0 Å². The average molecular weight is 224 g/mol. The molecule has 16 heavy (non-hydrogen) atoms. The van der Waals surface area contributed by atoms with Crippen molar-refractivity contribution < 1.29 is 0 Å². The topological polar surface area (TPSA) is 53.6 Å². The lowest BCUT2D eigenvalue weighted by Gasteiger charge is -2.13. The van der Waals surface area contributed by atoms with E-state index in [1.54, 1.807) is 0 Å². The molecule has 2 aliphatic rings. The van der Waals surface area contributed by atoms with Crippen LogP contribution in [0.3, 0.4) is 0 Å². The number of rotatable bonds is 6. The third-order valence-corrected chi connectivity index (χ3v) is 3.29. The third kappa shape index (κ3) is 4.39. The molecule has 1 aliphatic heterocycles. The van der Waals surface area contributed by atoms with Crippen LogP contribution in [0.2, 0.25) is 0 Å². The molecule has 1 aliphatic carbocycles. The lowest BCUT2D eigenvalue weighted by Crippen LogP contribution is -2.33. The highest BCUT2D eigenvalue weighted by Crippen LogP contribution is 2.17. The van der Waals surface area contributed by atoms with Gasteiger partial charge in [-0.2, -0.15) is 0 Å². The summed E-state index contributed by atoms with van der Waals surface area (Å²) in [5.41, 5.74) is 5.75. The number of likely N-dealkylation sites (tertiary alicyclic amines) is 1. The molecule has 4 heteroatoms. The lowest BCUT2D eigenvalue weighted by atomic mass is 10.3. The van der Waals surface area contributed by atoms with Crippen LogP contribution in [-0.4, -0.2) is 43.1 Å². The van der Waals surface area contributed by atoms with Gasteiger partial charge in [-0.25, -0.2) is 0 Å². The minimum Gasteiger partial charge on any atom is -0.370 e. The summed E-state index contributed by atoms with van der Waals surface area (Å²) >= 11 is 0. The second-order valence-corrected chi connectivity index (χ2v) is 4.94. The molecule has 0 bridgehead atoms. The molecule has 1 heterocycles. The van der Waals surface area contributed by atoms with Gasteiger partial charge in [0.15, 0.2) is 5.96 Å². The van der Waals surface area contributed by atoms with Crippen molar-refractivity contribution in [3.63, 3.8) is 0 Å². The van der Waals surface area contributed by atoms with E-state index < -0.39 is 0 Å². The number of nitrogens with one attached hydrogen (secondary N) is 1. The van der Waals surface area contributed by atoms with Crippen molar-refractivity contribution in [2.24, 2.45) is 10.7 Å². The maximum absolute atomic E-state index is 5.75. The molecule has 0 amide bonds. The van der Waals surface area contributed by atoms with Crippen molar-refractivity contribution in [1.82, 2.24) is 10.2 Å². The minimum absolute atomic E-state index is 0.619. The summed E-state index contributed by atoms with van der Waals surface area (Å²) in [7, 11) is 0. The molecule has 0 aromatic heterocycles. The molecule has 0 spiro atoms. The van der Waals surface area contributed by atoms with Crippen LogP contribution in [0.25, 0.3) is 0 Å². The molecule has 2 fully saturated rings. The monoisotopic (exact) mass is 224 g/mol. The molecule has 2 rings (SSSR count). The van der Waals surface area contributed by atoms with E-state index in [9.17, 15) is 0 Å². The van der Waals surface area contributed by atoms with E-state index in [0.29, 0.717) is 12.0 Å². The molecule has 0 aromatic rings. The van der Waals surface area contributed by atoms with Crippen molar-refractivity contribution in [3.05, 3.63) is 0 Å². The first-order valence-corrected chi connectivity index (χ1v) is 6.63. The number of guanidine groups is 1. The second-order valence-electron chi connectivity index (χ2n) is 4.94. The van der Waals surface area contributed by atoms with Crippen LogP contribution in [0.5, 0.6) is 0 Å². The number of nitrogens with zero attached hydrogens (tertiary/aromatic N) is 2. The lowest BCUT2D eigenvalue weighted by molar-refractivity contribution is 0.331. The zero-order valence-electron chi connectivity index (χ0n) is 10.1. The maximum atomic E-state index is 5.75. The zero-order chi connectivity index (χ0) is 11.2. The van der Waals surface area contributed by atoms with E-state index in [2.05, 4.69) is 15.2 Å². The molecule has 3 N–H and O–H groups in total. The van der Waals surface area contributed by atoms with Crippen LogP contribution < -0.4 is 11.1 Å². The minimum atomic E-state index is 0.619. The van der Waals surface area contributed by atoms with E-state index in [4.69, 9.17) is 5.73 Å². The Hall–Kier alpha value is -0.770. The molecule has 0 radical (unpaired) electrons. The largest absolute Gasteiger partial charge is 0.370 e. The predicted molar refractivity (Wildman–Crippen MR) is 67.6 cm³/mol. The standard InChI is InChI=1S/C12H24N4/c13-12(15-11-5-6-11)14-7-1-2-8-16-9-3-4-10-16/h11H,1-10H2,(H3,13,14,15). The Balaban J connectivity index is 1.46. The van der Waals surface area contributed by atoms with Crippen molar-refractivity contribution in [2.75, 3.05) is 26.2 Å². The predicted octanol–water partition coefficient (Wildman–Crippen LogP) is 0.929. The highest BCUT2D eigenvalue weighted by atomic mass is 15.1. The van der Waals surface area contributed by atoms with Gasteiger partial charge in [-0.15, -0.1) is 0 Å². The number of unbranched alkanes of at least 4 members (excludes halogenated alkanes) is 1. The van der Waals surface area contributed by atoms with E-state index in [0.717, 1.165) is 13.0 Å². The fourth-order valence-corrected chi connectivity index (χ4v) is 2.14. The summed E-state index contributed by atoms with van der Waals surface area (Å²) in [5.74, 6) is 0.642. The van der Waals surface area contributed by atoms with E-state index in [-0.39, 0.29) is 0 Å². The van der Waals surface area contributed by atoms with Gasteiger partial charge in [-0.05, 0) is 58.2 Å². The smallest absolute Gasteiger partial charge is 0.188 e. The fraction of sp³-hybridized carbons (Fsp3) is 0.917. The molecule has 92 valence electrons. The number of aliphatic imine (C=N–C) groups is 1. The molecule has 4 nitrogen and oxygen atoms in total. The Kier molecular flexibility index (Phi) is 4.45. The highest BCUT2D eigenvalue weighted by Gasteiger charge is 2.21. The Morgan fingerprint density at radius 3 is 2.69 bits per heavy atom. The normalized spacial score (nSPS) is 22.6. The van der Waals surface area contributed by atoms with Gasteiger partial charge in [0.1, 0.15) is 0 Å². The van der Waals surface area contributed by atoms with Crippen LogP contribution in [0.15, 0.2) is 4.99 Å². The van der Waals surface area contributed by atoms with Gasteiger partial charge in [0.2, 0.25) is 0 Å².